The van der Waals surface area contributed by atoms with E-state index in [0.717, 1.165) is 30.6 Å². The maximum absolute atomic E-state index is 12.2. The lowest BCUT2D eigenvalue weighted by molar-refractivity contribution is 0.228. The highest BCUT2D eigenvalue weighted by atomic mass is 16.3. The second-order valence-corrected chi connectivity index (χ2v) is 6.29. The maximum Gasteiger partial charge on any atom is 0.331 e. The Hall–Kier alpha value is -2.15. The molecule has 1 aliphatic rings. The van der Waals surface area contributed by atoms with Crippen molar-refractivity contribution in [3.63, 3.8) is 0 Å². The highest BCUT2D eigenvalue weighted by Crippen LogP contribution is 2.14. The third kappa shape index (κ3) is 4.92. The molecule has 138 valence electrons. The number of rotatable bonds is 8. The van der Waals surface area contributed by atoms with E-state index in [1.165, 1.54) is 25.3 Å². The highest BCUT2D eigenvalue weighted by Gasteiger charge is 2.17. The molecule has 0 atom stereocenters. The molecule has 0 radical (unpaired) electrons. The van der Waals surface area contributed by atoms with Gasteiger partial charge in [0.2, 0.25) is 5.88 Å². The Labute approximate surface area is 147 Å². The van der Waals surface area contributed by atoms with Gasteiger partial charge in [0.1, 0.15) is 5.56 Å². The van der Waals surface area contributed by atoms with Crippen molar-refractivity contribution in [3.8, 4) is 5.88 Å². The smallest absolute Gasteiger partial charge is 0.331 e. The summed E-state index contributed by atoms with van der Waals surface area (Å²) in [5, 5.41) is 10.3. The minimum Gasteiger partial charge on any atom is -0.494 e. The van der Waals surface area contributed by atoms with Gasteiger partial charge in [0.25, 0.3) is 5.56 Å². The summed E-state index contributed by atoms with van der Waals surface area (Å²) in [6, 6.07) is 0. The number of nitrogens with one attached hydrogen (secondary N) is 1. The van der Waals surface area contributed by atoms with Crippen LogP contribution in [0.25, 0.3) is 0 Å². The molecule has 2 rings (SSSR count). The molecular weight excluding hydrogens is 320 g/mol. The van der Waals surface area contributed by atoms with Gasteiger partial charge in [-0.1, -0.05) is 19.4 Å². The van der Waals surface area contributed by atoms with Crippen LogP contribution in [-0.4, -0.2) is 51.4 Å². The molecule has 0 aliphatic carbocycles. The molecule has 1 aromatic heterocycles. The molecule has 1 fully saturated rings. The molecule has 1 saturated heterocycles. The van der Waals surface area contributed by atoms with Gasteiger partial charge >= 0.3 is 5.69 Å². The van der Waals surface area contributed by atoms with Gasteiger partial charge < -0.3 is 10.0 Å². The predicted octanol–water partition coefficient (Wildman–Crippen LogP) is 1.50. The molecule has 0 saturated carbocycles. The fraction of sp³-hybridized carbons (Fsp3) is 0.611. The Morgan fingerprint density at radius 3 is 2.68 bits per heavy atom. The molecule has 0 amide bonds. The van der Waals surface area contributed by atoms with E-state index >= 15 is 0 Å². The number of H-pyrrole nitrogens is 1. The molecule has 25 heavy (non-hydrogen) atoms. The summed E-state index contributed by atoms with van der Waals surface area (Å²) in [4.78, 5) is 33.2. The van der Waals surface area contributed by atoms with Crippen molar-refractivity contribution in [2.75, 3.05) is 26.2 Å². The number of nitrogens with zero attached hydrogens (tertiary/aromatic N) is 3. The lowest BCUT2D eigenvalue weighted by Crippen LogP contribution is -2.34. The monoisotopic (exact) mass is 348 g/mol. The van der Waals surface area contributed by atoms with E-state index in [0.29, 0.717) is 18.7 Å². The van der Waals surface area contributed by atoms with Crippen molar-refractivity contribution in [1.29, 1.82) is 0 Å². The standard InChI is InChI=1S/C18H28N4O3/c1-3-10-22-17(24)15(16(23)20-18(22)25)14(4-2)19-9-8-13-21-11-6-5-7-12-21/h3,24H,1,4-13H2,2H3,(H,20,23,25). The van der Waals surface area contributed by atoms with Gasteiger partial charge in [-0.05, 0) is 45.3 Å². The summed E-state index contributed by atoms with van der Waals surface area (Å²) in [5.74, 6) is -0.342. The molecule has 2 heterocycles. The molecule has 0 spiro atoms. The topological polar surface area (TPSA) is 90.7 Å². The summed E-state index contributed by atoms with van der Waals surface area (Å²) in [6.07, 6.45) is 6.75. The van der Waals surface area contributed by atoms with Crippen LogP contribution >= 0.6 is 0 Å². The zero-order valence-corrected chi connectivity index (χ0v) is 15.0. The minimum absolute atomic E-state index is 0.0851. The van der Waals surface area contributed by atoms with Crippen molar-refractivity contribution >= 4 is 5.71 Å². The first kappa shape index (κ1) is 19.2. The van der Waals surface area contributed by atoms with Crippen molar-refractivity contribution < 1.29 is 5.11 Å². The van der Waals surface area contributed by atoms with Crippen LogP contribution in [0.4, 0.5) is 0 Å². The fourth-order valence-corrected chi connectivity index (χ4v) is 3.18. The van der Waals surface area contributed by atoms with Gasteiger partial charge in [-0.2, -0.15) is 0 Å². The van der Waals surface area contributed by atoms with E-state index in [1.54, 1.807) is 0 Å². The third-order valence-corrected chi connectivity index (χ3v) is 4.49. The van der Waals surface area contributed by atoms with Crippen molar-refractivity contribution in [2.45, 2.75) is 45.6 Å². The second-order valence-electron chi connectivity index (χ2n) is 6.29. The number of aromatic amines is 1. The van der Waals surface area contributed by atoms with Crippen LogP contribution in [0.2, 0.25) is 0 Å². The Bertz CT molecular complexity index is 727. The van der Waals surface area contributed by atoms with Gasteiger partial charge in [0, 0.05) is 13.1 Å². The number of aromatic nitrogens is 2. The lowest BCUT2D eigenvalue weighted by atomic mass is 10.1. The number of aromatic hydroxyl groups is 1. The molecular formula is C18H28N4O3. The Balaban J connectivity index is 2.13. The summed E-state index contributed by atoms with van der Waals surface area (Å²) in [5.41, 5.74) is -0.636. The van der Waals surface area contributed by atoms with Gasteiger partial charge in [0.15, 0.2) is 0 Å². The molecule has 0 bridgehead atoms. The molecule has 1 aromatic rings. The maximum atomic E-state index is 12.2. The van der Waals surface area contributed by atoms with Crippen LogP contribution in [-0.2, 0) is 6.54 Å². The second kappa shape index (κ2) is 9.36. The summed E-state index contributed by atoms with van der Waals surface area (Å²) >= 11 is 0. The normalized spacial score (nSPS) is 16.1. The average molecular weight is 348 g/mol. The largest absolute Gasteiger partial charge is 0.494 e. The Kier molecular flexibility index (Phi) is 7.18. The summed E-state index contributed by atoms with van der Waals surface area (Å²) < 4.78 is 1.09. The molecule has 0 aromatic carbocycles. The molecule has 1 aliphatic heterocycles. The molecule has 7 heteroatoms. The quantitative estimate of drug-likeness (QED) is 0.423. The van der Waals surface area contributed by atoms with Crippen molar-refractivity contribution in [1.82, 2.24) is 14.5 Å². The first-order chi connectivity index (χ1) is 12.1. The molecule has 0 unspecified atom stereocenters. The van der Waals surface area contributed by atoms with Gasteiger partial charge in [-0.15, -0.1) is 6.58 Å². The lowest BCUT2D eigenvalue weighted by Gasteiger charge is -2.25. The van der Waals surface area contributed by atoms with E-state index in [4.69, 9.17) is 0 Å². The van der Waals surface area contributed by atoms with Crippen molar-refractivity contribution in [2.24, 2.45) is 4.99 Å². The van der Waals surface area contributed by atoms with Crippen LogP contribution in [0.1, 0.15) is 44.6 Å². The van der Waals surface area contributed by atoms with Gasteiger partial charge in [0.05, 0.1) is 5.71 Å². The number of hydrogen-bond acceptors (Lipinski definition) is 5. The van der Waals surface area contributed by atoms with E-state index in [9.17, 15) is 14.7 Å². The first-order valence-corrected chi connectivity index (χ1v) is 9.01. The average Bonchev–Trinajstić information content (AvgIpc) is 2.61. The SMILES string of the molecule is C=CCn1c(O)c(C(CC)=NCCCN2CCCCC2)c(=O)[nH]c1=O. The van der Waals surface area contributed by atoms with Crippen LogP contribution < -0.4 is 11.2 Å². The van der Waals surface area contributed by atoms with E-state index in [2.05, 4.69) is 21.5 Å². The Morgan fingerprint density at radius 2 is 2.04 bits per heavy atom. The number of hydrogen-bond donors (Lipinski definition) is 2. The van der Waals surface area contributed by atoms with Gasteiger partial charge in [-0.3, -0.25) is 19.3 Å². The fourth-order valence-electron chi connectivity index (χ4n) is 3.18. The summed E-state index contributed by atoms with van der Waals surface area (Å²) in [6.45, 7) is 9.46. The van der Waals surface area contributed by atoms with Crippen LogP contribution in [0.15, 0.2) is 27.2 Å². The first-order valence-electron chi connectivity index (χ1n) is 9.01. The number of aliphatic imine (C=N–C) groups is 1. The molecule has 2 N–H and O–H groups in total. The third-order valence-electron chi connectivity index (χ3n) is 4.49. The van der Waals surface area contributed by atoms with Crippen LogP contribution in [0.3, 0.4) is 0 Å². The molecule has 7 nitrogen and oxygen atoms in total. The number of allylic oxidation sites excluding steroid dienone is 1. The van der Waals surface area contributed by atoms with E-state index in [1.807, 2.05) is 6.92 Å². The minimum atomic E-state index is -0.647. The predicted molar refractivity (Wildman–Crippen MR) is 99.8 cm³/mol. The number of piperidine rings is 1. The van der Waals surface area contributed by atoms with E-state index < -0.39 is 11.2 Å². The zero-order valence-electron chi connectivity index (χ0n) is 15.0. The number of likely N-dealkylation sites (tertiary alicyclic amines) is 1. The summed E-state index contributed by atoms with van der Waals surface area (Å²) in [7, 11) is 0. The van der Waals surface area contributed by atoms with E-state index in [-0.39, 0.29) is 18.0 Å². The Morgan fingerprint density at radius 1 is 1.32 bits per heavy atom. The van der Waals surface area contributed by atoms with Gasteiger partial charge in [-0.25, -0.2) is 4.79 Å². The highest BCUT2D eigenvalue weighted by molar-refractivity contribution is 6.01. The van der Waals surface area contributed by atoms with Crippen LogP contribution in [0, 0.1) is 0 Å². The van der Waals surface area contributed by atoms with Crippen molar-refractivity contribution in [3.05, 3.63) is 39.1 Å². The van der Waals surface area contributed by atoms with Crippen LogP contribution in [0.5, 0.6) is 5.88 Å². The zero-order chi connectivity index (χ0) is 18.2.